The second kappa shape index (κ2) is 7.24. The van der Waals surface area contributed by atoms with Crippen LogP contribution >= 0.6 is 27.7 Å². The molecule has 0 aliphatic carbocycles. The topological polar surface area (TPSA) is 56.0 Å². The van der Waals surface area contributed by atoms with E-state index in [1.165, 1.54) is 6.07 Å². The van der Waals surface area contributed by atoms with E-state index >= 15 is 0 Å². The Morgan fingerprint density at radius 1 is 1.15 bits per heavy atom. The summed E-state index contributed by atoms with van der Waals surface area (Å²) in [5.41, 5.74) is 0.615. The number of nitrogens with zero attached hydrogens (tertiary/aromatic N) is 2. The summed E-state index contributed by atoms with van der Waals surface area (Å²) in [6.07, 6.45) is -4.12. The number of halogens is 4. The second-order valence-electron chi connectivity index (χ2n) is 5.29. The quantitative estimate of drug-likeness (QED) is 0.378. The third-order valence-electron chi connectivity index (χ3n) is 3.32. The molecule has 0 saturated heterocycles. The van der Waals surface area contributed by atoms with Crippen molar-refractivity contribution in [2.45, 2.75) is 23.3 Å². The minimum atomic E-state index is -4.62. The maximum absolute atomic E-state index is 13.2. The Bertz CT molecular complexity index is 956. The van der Waals surface area contributed by atoms with Crippen LogP contribution in [0.4, 0.5) is 13.2 Å². The van der Waals surface area contributed by atoms with Crippen LogP contribution in [0.5, 0.6) is 0 Å². The van der Waals surface area contributed by atoms with Crippen LogP contribution in [-0.2, 0) is 6.18 Å². The first kappa shape index (κ1) is 18.7. The zero-order chi connectivity index (χ0) is 18.9. The van der Waals surface area contributed by atoms with E-state index in [1.807, 2.05) is 6.92 Å². The second-order valence-corrected chi connectivity index (χ2v) is 7.08. The highest BCUT2D eigenvalue weighted by molar-refractivity contribution is 9.10. The number of benzene rings is 1. The minimum absolute atomic E-state index is 0.0464. The van der Waals surface area contributed by atoms with E-state index in [-0.39, 0.29) is 21.7 Å². The van der Waals surface area contributed by atoms with Crippen molar-refractivity contribution in [2.24, 2.45) is 0 Å². The monoisotopic (exact) mass is 442 g/mol. The predicted molar refractivity (Wildman–Crippen MR) is 93.1 cm³/mol. The average molecular weight is 443 g/mol. The van der Waals surface area contributed by atoms with Crippen molar-refractivity contribution >= 4 is 34.0 Å². The number of carbonyl (C=O) groups is 1. The van der Waals surface area contributed by atoms with Gasteiger partial charge in [0.25, 0.3) is 0 Å². The maximum atomic E-state index is 13.2. The van der Waals surface area contributed by atoms with Crippen LogP contribution in [0.3, 0.4) is 0 Å². The standard InChI is InChI=1S/C17H10BrF3N2O2S/c1-9-2-4-10(5-3-9)13-7-14(17(19,20)21)23-16(22-13)26-15-12(18)6-11(8-24)25-15/h2-8H,1H3. The third kappa shape index (κ3) is 4.16. The van der Waals surface area contributed by atoms with Gasteiger partial charge in [0.15, 0.2) is 22.3 Å². The number of aromatic nitrogens is 2. The molecule has 3 aromatic rings. The van der Waals surface area contributed by atoms with E-state index in [9.17, 15) is 18.0 Å². The Labute approximate surface area is 159 Å². The van der Waals surface area contributed by atoms with Crippen LogP contribution in [-0.4, -0.2) is 16.3 Å². The summed E-state index contributed by atoms with van der Waals surface area (Å²) in [4.78, 5) is 18.6. The van der Waals surface area contributed by atoms with Crippen molar-refractivity contribution in [1.29, 1.82) is 0 Å². The number of hydrogen-bond acceptors (Lipinski definition) is 5. The lowest BCUT2D eigenvalue weighted by molar-refractivity contribution is -0.141. The first-order valence-corrected chi connectivity index (χ1v) is 8.83. The molecule has 0 saturated carbocycles. The summed E-state index contributed by atoms with van der Waals surface area (Å²) in [6.45, 7) is 1.88. The summed E-state index contributed by atoms with van der Waals surface area (Å²) in [7, 11) is 0. The lowest BCUT2D eigenvalue weighted by atomic mass is 10.1. The molecule has 0 aliphatic rings. The van der Waals surface area contributed by atoms with Crippen LogP contribution in [0.1, 0.15) is 21.8 Å². The molecule has 0 bridgehead atoms. The number of carbonyl (C=O) groups excluding carboxylic acids is 1. The van der Waals surface area contributed by atoms with E-state index in [4.69, 9.17) is 4.42 Å². The van der Waals surface area contributed by atoms with Gasteiger partial charge >= 0.3 is 6.18 Å². The highest BCUT2D eigenvalue weighted by Gasteiger charge is 2.34. The molecule has 0 radical (unpaired) electrons. The molecule has 1 aromatic carbocycles. The molecule has 0 N–H and O–H groups in total. The molecule has 0 amide bonds. The highest BCUT2D eigenvalue weighted by atomic mass is 79.9. The number of aryl methyl sites for hydroxylation is 1. The van der Waals surface area contributed by atoms with Gasteiger partial charge in [0, 0.05) is 11.6 Å². The summed E-state index contributed by atoms with van der Waals surface area (Å²) >= 11 is 3.99. The first-order valence-electron chi connectivity index (χ1n) is 7.22. The van der Waals surface area contributed by atoms with Gasteiger partial charge in [-0.15, -0.1) is 0 Å². The molecule has 0 aliphatic heterocycles. The zero-order valence-electron chi connectivity index (χ0n) is 13.2. The van der Waals surface area contributed by atoms with E-state index in [0.717, 1.165) is 23.4 Å². The SMILES string of the molecule is Cc1ccc(-c2cc(C(F)(F)F)nc(Sc3oc(C=O)cc3Br)n2)cc1. The summed E-state index contributed by atoms with van der Waals surface area (Å²) in [5, 5.41) is 0.0594. The van der Waals surface area contributed by atoms with Crippen LogP contribution < -0.4 is 0 Å². The summed E-state index contributed by atoms with van der Waals surface area (Å²) in [6, 6.07) is 9.29. The molecule has 26 heavy (non-hydrogen) atoms. The molecule has 0 atom stereocenters. The van der Waals surface area contributed by atoms with Crippen LogP contribution in [0.15, 0.2) is 55.5 Å². The molecule has 3 rings (SSSR count). The van der Waals surface area contributed by atoms with E-state index in [2.05, 4.69) is 25.9 Å². The number of rotatable bonds is 4. The Morgan fingerprint density at radius 2 is 1.85 bits per heavy atom. The van der Waals surface area contributed by atoms with Crippen molar-refractivity contribution in [3.63, 3.8) is 0 Å². The minimum Gasteiger partial charge on any atom is -0.445 e. The molecule has 2 aromatic heterocycles. The molecule has 0 spiro atoms. The first-order chi connectivity index (χ1) is 12.3. The molecular formula is C17H10BrF3N2O2S. The van der Waals surface area contributed by atoms with Gasteiger partial charge in [-0.25, -0.2) is 9.97 Å². The van der Waals surface area contributed by atoms with Crippen molar-refractivity contribution in [3.05, 3.63) is 57.9 Å². The van der Waals surface area contributed by atoms with E-state index in [1.54, 1.807) is 24.3 Å². The predicted octanol–water partition coefficient (Wildman–Crippen LogP) is 5.79. The van der Waals surface area contributed by atoms with E-state index in [0.29, 0.717) is 16.3 Å². The van der Waals surface area contributed by atoms with Gasteiger partial charge in [-0.1, -0.05) is 29.8 Å². The van der Waals surface area contributed by atoms with Crippen LogP contribution in [0.25, 0.3) is 11.3 Å². The fourth-order valence-electron chi connectivity index (χ4n) is 2.07. The molecule has 0 unspecified atom stereocenters. The fraction of sp³-hybridized carbons (Fsp3) is 0.118. The lowest BCUT2D eigenvalue weighted by Gasteiger charge is -2.10. The zero-order valence-corrected chi connectivity index (χ0v) is 15.6. The maximum Gasteiger partial charge on any atom is 0.433 e. The number of furan rings is 1. The molecule has 9 heteroatoms. The van der Waals surface area contributed by atoms with Crippen molar-refractivity contribution in [1.82, 2.24) is 9.97 Å². The Balaban J connectivity index is 2.06. The molecule has 0 fully saturated rings. The smallest absolute Gasteiger partial charge is 0.433 e. The summed E-state index contributed by atoms with van der Waals surface area (Å²) in [5.74, 6) is 0.0464. The normalized spacial score (nSPS) is 11.6. The van der Waals surface area contributed by atoms with Gasteiger partial charge < -0.3 is 4.42 Å². The van der Waals surface area contributed by atoms with Crippen molar-refractivity contribution < 1.29 is 22.4 Å². The summed E-state index contributed by atoms with van der Waals surface area (Å²) < 4.78 is 45.4. The van der Waals surface area contributed by atoms with Crippen LogP contribution in [0, 0.1) is 6.92 Å². The number of alkyl halides is 3. The molecular weight excluding hydrogens is 433 g/mol. The Hall–Kier alpha value is -2.13. The highest BCUT2D eigenvalue weighted by Crippen LogP contribution is 2.37. The molecule has 134 valence electrons. The van der Waals surface area contributed by atoms with Gasteiger partial charge in [0.1, 0.15) is 5.69 Å². The third-order valence-corrected chi connectivity index (χ3v) is 5.02. The lowest BCUT2D eigenvalue weighted by Crippen LogP contribution is -2.10. The Morgan fingerprint density at radius 3 is 2.42 bits per heavy atom. The van der Waals surface area contributed by atoms with Gasteiger partial charge in [-0.3, -0.25) is 4.79 Å². The largest absolute Gasteiger partial charge is 0.445 e. The molecule has 4 nitrogen and oxygen atoms in total. The van der Waals surface area contributed by atoms with Gasteiger partial charge in [-0.2, -0.15) is 13.2 Å². The van der Waals surface area contributed by atoms with Crippen molar-refractivity contribution in [2.75, 3.05) is 0 Å². The van der Waals surface area contributed by atoms with Crippen LogP contribution in [0.2, 0.25) is 0 Å². The number of aldehydes is 1. The van der Waals surface area contributed by atoms with Gasteiger partial charge in [0.05, 0.1) is 10.2 Å². The van der Waals surface area contributed by atoms with Gasteiger partial charge in [-0.05, 0) is 40.7 Å². The van der Waals surface area contributed by atoms with Gasteiger partial charge in [0.2, 0.25) is 0 Å². The number of hydrogen-bond donors (Lipinski definition) is 0. The fourth-order valence-corrected chi connectivity index (χ4v) is 3.37. The average Bonchev–Trinajstić information content (AvgIpc) is 2.94. The van der Waals surface area contributed by atoms with E-state index < -0.39 is 11.9 Å². The molecule has 2 heterocycles. The Kier molecular flexibility index (Phi) is 5.19. The van der Waals surface area contributed by atoms with Crippen molar-refractivity contribution in [3.8, 4) is 11.3 Å².